The molecule has 2 heteroatoms. The van der Waals surface area contributed by atoms with E-state index < -0.39 is 0 Å². The summed E-state index contributed by atoms with van der Waals surface area (Å²) in [5.41, 5.74) is 5.82. The minimum absolute atomic E-state index is 0.376. The second-order valence-corrected chi connectivity index (χ2v) is 4.13. The Labute approximate surface area is 61.4 Å². The third kappa shape index (κ3) is 1.10. The molecule has 0 aromatic rings. The van der Waals surface area contributed by atoms with E-state index in [4.69, 9.17) is 5.73 Å². The Morgan fingerprint density at radius 2 is 2.11 bits per heavy atom. The largest absolute Gasteiger partial charge is 0.327 e. The molecule has 1 rings (SSSR count). The van der Waals surface area contributed by atoms with Crippen molar-refractivity contribution in [1.29, 1.82) is 0 Å². The van der Waals surface area contributed by atoms with E-state index in [0.29, 0.717) is 10.8 Å². The van der Waals surface area contributed by atoms with Crippen LogP contribution in [0.1, 0.15) is 26.2 Å². The van der Waals surface area contributed by atoms with Gasteiger partial charge < -0.3 is 5.73 Å². The Morgan fingerprint density at radius 1 is 1.56 bits per heavy atom. The van der Waals surface area contributed by atoms with E-state index in [1.165, 1.54) is 19.3 Å². The van der Waals surface area contributed by atoms with E-state index in [1.54, 1.807) is 0 Å². The Hall–Kier alpha value is 0.310. The SMILES string of the molecule is CSC1(C(C)N)CCC1. The molecule has 9 heavy (non-hydrogen) atoms. The standard InChI is InChI=1S/C7H15NS/c1-6(8)7(9-2)4-3-5-7/h6H,3-5,8H2,1-2H3. The predicted octanol–water partition coefficient (Wildman–Crippen LogP) is 1.62. The van der Waals surface area contributed by atoms with Crippen LogP contribution < -0.4 is 5.73 Å². The fourth-order valence-corrected chi connectivity index (χ4v) is 2.44. The molecule has 0 spiro atoms. The average Bonchev–Trinajstić information content (AvgIpc) is 1.62. The van der Waals surface area contributed by atoms with Crippen LogP contribution in [0.5, 0.6) is 0 Å². The summed E-state index contributed by atoms with van der Waals surface area (Å²) >= 11 is 1.94. The van der Waals surface area contributed by atoms with Gasteiger partial charge in [-0.25, -0.2) is 0 Å². The zero-order valence-corrected chi connectivity index (χ0v) is 7.00. The molecule has 0 amide bonds. The third-order valence-corrected chi connectivity index (χ3v) is 4.03. The summed E-state index contributed by atoms with van der Waals surface area (Å²) in [4.78, 5) is 0. The highest BCUT2D eigenvalue weighted by atomic mass is 32.2. The molecule has 1 aliphatic carbocycles. The van der Waals surface area contributed by atoms with E-state index in [-0.39, 0.29) is 0 Å². The zero-order valence-electron chi connectivity index (χ0n) is 6.18. The monoisotopic (exact) mass is 145 g/mol. The van der Waals surface area contributed by atoms with Crippen molar-refractivity contribution in [3.05, 3.63) is 0 Å². The lowest BCUT2D eigenvalue weighted by Crippen LogP contribution is -2.48. The van der Waals surface area contributed by atoms with E-state index >= 15 is 0 Å². The maximum atomic E-state index is 5.82. The van der Waals surface area contributed by atoms with Gasteiger partial charge in [-0.2, -0.15) is 11.8 Å². The summed E-state index contributed by atoms with van der Waals surface area (Å²) in [5, 5.41) is 0. The van der Waals surface area contributed by atoms with Gasteiger partial charge in [0.15, 0.2) is 0 Å². The summed E-state index contributed by atoms with van der Waals surface area (Å²) in [6.45, 7) is 2.12. The summed E-state index contributed by atoms with van der Waals surface area (Å²) in [7, 11) is 0. The first kappa shape index (κ1) is 7.42. The van der Waals surface area contributed by atoms with Crippen molar-refractivity contribution in [2.75, 3.05) is 6.26 Å². The molecule has 0 aromatic heterocycles. The second-order valence-electron chi connectivity index (χ2n) is 2.91. The first-order valence-corrected chi connectivity index (χ1v) is 4.74. The van der Waals surface area contributed by atoms with Crippen molar-refractivity contribution in [3.63, 3.8) is 0 Å². The fraction of sp³-hybridized carbons (Fsp3) is 1.00. The van der Waals surface area contributed by atoms with Gasteiger partial charge >= 0.3 is 0 Å². The van der Waals surface area contributed by atoms with E-state index in [9.17, 15) is 0 Å². The maximum Gasteiger partial charge on any atom is 0.0305 e. The molecule has 0 aliphatic heterocycles. The molecule has 0 aromatic carbocycles. The third-order valence-electron chi connectivity index (χ3n) is 2.44. The molecule has 0 bridgehead atoms. The molecule has 1 aliphatic rings. The average molecular weight is 145 g/mol. The zero-order chi connectivity index (χ0) is 6.91. The van der Waals surface area contributed by atoms with Crippen molar-refractivity contribution in [1.82, 2.24) is 0 Å². The van der Waals surface area contributed by atoms with Crippen LogP contribution in [0.4, 0.5) is 0 Å². The first-order chi connectivity index (χ1) is 4.21. The molecule has 1 atom stereocenters. The van der Waals surface area contributed by atoms with Gasteiger partial charge in [-0.05, 0) is 26.0 Å². The number of rotatable bonds is 2. The van der Waals surface area contributed by atoms with Crippen molar-refractivity contribution in [3.8, 4) is 0 Å². The molecule has 0 radical (unpaired) electrons. The first-order valence-electron chi connectivity index (χ1n) is 3.52. The lowest BCUT2D eigenvalue weighted by Gasteiger charge is -2.43. The van der Waals surface area contributed by atoms with Crippen LogP contribution in [0.2, 0.25) is 0 Å². The lowest BCUT2D eigenvalue weighted by atomic mass is 9.79. The Morgan fingerprint density at radius 3 is 2.11 bits per heavy atom. The summed E-state index contributed by atoms with van der Waals surface area (Å²) < 4.78 is 0.458. The van der Waals surface area contributed by atoms with Crippen molar-refractivity contribution >= 4 is 11.8 Å². The van der Waals surface area contributed by atoms with Crippen LogP contribution in [-0.2, 0) is 0 Å². The topological polar surface area (TPSA) is 26.0 Å². The normalized spacial score (nSPS) is 27.0. The van der Waals surface area contributed by atoms with Gasteiger partial charge in [0.25, 0.3) is 0 Å². The Balaban J connectivity index is 2.46. The molecule has 1 unspecified atom stereocenters. The number of nitrogens with two attached hydrogens (primary N) is 1. The summed E-state index contributed by atoms with van der Waals surface area (Å²) in [6, 6.07) is 0.376. The number of hydrogen-bond acceptors (Lipinski definition) is 2. The highest BCUT2D eigenvalue weighted by Gasteiger charge is 2.39. The molecule has 54 valence electrons. The van der Waals surface area contributed by atoms with E-state index in [0.717, 1.165) is 0 Å². The highest BCUT2D eigenvalue weighted by Crippen LogP contribution is 2.44. The quantitative estimate of drug-likeness (QED) is 0.639. The van der Waals surface area contributed by atoms with Crippen LogP contribution >= 0.6 is 11.8 Å². The van der Waals surface area contributed by atoms with Gasteiger partial charge in [-0.3, -0.25) is 0 Å². The molecule has 1 nitrogen and oxygen atoms in total. The highest BCUT2D eigenvalue weighted by molar-refractivity contribution is 8.00. The number of hydrogen-bond donors (Lipinski definition) is 1. The molecule has 1 saturated carbocycles. The smallest absolute Gasteiger partial charge is 0.0305 e. The molecular formula is C7H15NS. The molecule has 2 N–H and O–H groups in total. The fourth-order valence-electron chi connectivity index (χ4n) is 1.37. The van der Waals surface area contributed by atoms with Crippen molar-refractivity contribution in [2.24, 2.45) is 5.73 Å². The van der Waals surface area contributed by atoms with Gasteiger partial charge in [-0.15, -0.1) is 0 Å². The minimum Gasteiger partial charge on any atom is -0.327 e. The lowest BCUT2D eigenvalue weighted by molar-refractivity contribution is 0.319. The van der Waals surface area contributed by atoms with E-state index in [2.05, 4.69) is 13.2 Å². The van der Waals surface area contributed by atoms with Crippen molar-refractivity contribution < 1.29 is 0 Å². The van der Waals surface area contributed by atoms with Crippen LogP contribution in [0.25, 0.3) is 0 Å². The van der Waals surface area contributed by atoms with E-state index in [1.807, 2.05) is 11.8 Å². The molecule has 1 fully saturated rings. The molecule has 0 heterocycles. The predicted molar refractivity (Wildman–Crippen MR) is 43.7 cm³/mol. The van der Waals surface area contributed by atoms with Crippen molar-refractivity contribution in [2.45, 2.75) is 37.0 Å². The maximum absolute atomic E-state index is 5.82. The number of thioether (sulfide) groups is 1. The van der Waals surface area contributed by atoms with Crippen LogP contribution in [0.3, 0.4) is 0 Å². The van der Waals surface area contributed by atoms with Gasteiger partial charge in [0.2, 0.25) is 0 Å². The summed E-state index contributed by atoms with van der Waals surface area (Å²) in [5.74, 6) is 0. The van der Waals surface area contributed by atoms with Crippen LogP contribution in [0, 0.1) is 0 Å². The minimum atomic E-state index is 0.376. The van der Waals surface area contributed by atoms with Gasteiger partial charge in [0, 0.05) is 10.8 Å². The second kappa shape index (κ2) is 2.51. The Kier molecular flexibility index (Phi) is 2.07. The molecular weight excluding hydrogens is 130 g/mol. The molecule has 0 saturated heterocycles. The van der Waals surface area contributed by atoms with Gasteiger partial charge in [0.05, 0.1) is 0 Å². The van der Waals surface area contributed by atoms with Crippen LogP contribution in [0.15, 0.2) is 0 Å². The Bertz CT molecular complexity index is 91.6. The summed E-state index contributed by atoms with van der Waals surface area (Å²) in [6.07, 6.45) is 6.20. The van der Waals surface area contributed by atoms with Gasteiger partial charge in [-0.1, -0.05) is 6.42 Å². The van der Waals surface area contributed by atoms with Crippen LogP contribution in [-0.4, -0.2) is 17.0 Å². The van der Waals surface area contributed by atoms with Gasteiger partial charge in [0.1, 0.15) is 0 Å².